The van der Waals surface area contributed by atoms with Gasteiger partial charge in [-0.1, -0.05) is 17.7 Å². The first-order valence-electron chi connectivity index (χ1n) is 7.77. The number of anilines is 1. The van der Waals surface area contributed by atoms with Crippen LogP contribution in [0.1, 0.15) is 22.8 Å². The zero-order chi connectivity index (χ0) is 20.0. The molecule has 0 unspecified atom stereocenters. The van der Waals surface area contributed by atoms with Gasteiger partial charge in [0.1, 0.15) is 11.6 Å². The van der Waals surface area contributed by atoms with Crippen LogP contribution in [-0.2, 0) is 4.79 Å². The molecule has 7 nitrogen and oxygen atoms in total. The third-order valence-corrected chi connectivity index (χ3v) is 3.68. The van der Waals surface area contributed by atoms with Gasteiger partial charge in [-0.25, -0.2) is 4.79 Å². The molecule has 0 aliphatic heterocycles. The van der Waals surface area contributed by atoms with Crippen LogP contribution >= 0.6 is 11.6 Å². The third kappa shape index (κ3) is 5.00. The maximum absolute atomic E-state index is 12.3. The molecule has 2 rings (SSSR count). The van der Waals surface area contributed by atoms with Gasteiger partial charge in [0.05, 0.1) is 17.2 Å². The quantitative estimate of drug-likeness (QED) is 0.514. The number of carboxylic acids is 1. The Bertz CT molecular complexity index is 963. The third-order valence-electron chi connectivity index (χ3n) is 3.39. The van der Waals surface area contributed by atoms with E-state index >= 15 is 0 Å². The van der Waals surface area contributed by atoms with Crippen LogP contribution in [0.3, 0.4) is 0 Å². The number of nitrogens with zero attached hydrogens (tertiary/aromatic N) is 1. The molecular weight excluding hydrogens is 372 g/mol. The lowest BCUT2D eigenvalue weighted by Gasteiger charge is -2.09. The summed E-state index contributed by atoms with van der Waals surface area (Å²) in [6.45, 7) is 2.03. The average Bonchev–Trinajstić information content (AvgIpc) is 2.63. The molecule has 8 heteroatoms. The predicted molar refractivity (Wildman–Crippen MR) is 99.9 cm³/mol. The van der Waals surface area contributed by atoms with Crippen molar-refractivity contribution in [3.05, 3.63) is 58.1 Å². The molecule has 0 aliphatic carbocycles. The van der Waals surface area contributed by atoms with Gasteiger partial charge in [-0.3, -0.25) is 4.79 Å². The molecule has 0 saturated heterocycles. The summed E-state index contributed by atoms with van der Waals surface area (Å²) in [6.07, 6.45) is 1.28. The number of amides is 1. The minimum atomic E-state index is -1.13. The Morgan fingerprint density at radius 2 is 2.07 bits per heavy atom. The zero-order valence-electron chi connectivity index (χ0n) is 14.2. The topological polar surface area (TPSA) is 120 Å². The summed E-state index contributed by atoms with van der Waals surface area (Å²) in [6, 6.07) is 10.2. The number of ether oxygens (including phenoxy) is 1. The van der Waals surface area contributed by atoms with E-state index in [0.717, 1.165) is 0 Å². The van der Waals surface area contributed by atoms with Crippen molar-refractivity contribution in [2.45, 2.75) is 6.92 Å². The molecule has 27 heavy (non-hydrogen) atoms. The molecule has 0 radical (unpaired) electrons. The largest absolute Gasteiger partial charge is 0.503 e. The molecule has 0 atom stereocenters. The van der Waals surface area contributed by atoms with Crippen LogP contribution in [0, 0.1) is 11.3 Å². The Balaban J connectivity index is 2.31. The number of carbonyl (C=O) groups is 2. The molecule has 2 aromatic rings. The van der Waals surface area contributed by atoms with E-state index in [-0.39, 0.29) is 33.3 Å². The average molecular weight is 387 g/mol. The highest BCUT2D eigenvalue weighted by atomic mass is 35.5. The summed E-state index contributed by atoms with van der Waals surface area (Å²) < 4.78 is 5.26. The fourth-order valence-electron chi connectivity index (χ4n) is 2.19. The summed E-state index contributed by atoms with van der Waals surface area (Å²) >= 11 is 5.94. The number of nitriles is 1. The van der Waals surface area contributed by atoms with Crippen LogP contribution in [-0.4, -0.2) is 28.7 Å². The molecule has 0 fully saturated rings. The van der Waals surface area contributed by atoms with Crippen LogP contribution in [0.15, 0.2) is 42.0 Å². The van der Waals surface area contributed by atoms with Crippen molar-refractivity contribution in [2.75, 3.05) is 11.9 Å². The second-order valence-corrected chi connectivity index (χ2v) is 5.70. The van der Waals surface area contributed by atoms with Gasteiger partial charge in [-0.2, -0.15) is 5.26 Å². The number of aromatic hydroxyl groups is 1. The number of rotatable bonds is 6. The van der Waals surface area contributed by atoms with E-state index in [9.17, 15) is 20.0 Å². The van der Waals surface area contributed by atoms with Crippen LogP contribution in [0.25, 0.3) is 6.08 Å². The minimum absolute atomic E-state index is 0.00181. The lowest BCUT2D eigenvalue weighted by atomic mass is 10.1. The molecule has 1 amide bonds. The van der Waals surface area contributed by atoms with Crippen molar-refractivity contribution in [2.24, 2.45) is 0 Å². The molecule has 0 aromatic heterocycles. The minimum Gasteiger partial charge on any atom is -0.503 e. The summed E-state index contributed by atoms with van der Waals surface area (Å²) in [7, 11) is 0. The summed E-state index contributed by atoms with van der Waals surface area (Å²) in [5, 5.41) is 30.6. The molecule has 0 saturated carbocycles. The van der Waals surface area contributed by atoms with Gasteiger partial charge in [-0.05, 0) is 48.9 Å². The van der Waals surface area contributed by atoms with Crippen LogP contribution < -0.4 is 10.1 Å². The maximum Gasteiger partial charge on any atom is 0.335 e. The van der Waals surface area contributed by atoms with Gasteiger partial charge in [0.15, 0.2) is 11.5 Å². The first-order chi connectivity index (χ1) is 12.8. The van der Waals surface area contributed by atoms with Crippen molar-refractivity contribution in [1.29, 1.82) is 5.26 Å². The fourth-order valence-corrected chi connectivity index (χ4v) is 2.41. The number of halogens is 1. The van der Waals surface area contributed by atoms with Gasteiger partial charge < -0.3 is 20.3 Å². The number of phenolic OH excluding ortho intramolecular Hbond substituents is 1. The number of carbonyl (C=O) groups excluding carboxylic acids is 1. The Hall–Kier alpha value is -3.50. The Labute approximate surface area is 160 Å². The van der Waals surface area contributed by atoms with Crippen molar-refractivity contribution < 1.29 is 24.5 Å². The van der Waals surface area contributed by atoms with Gasteiger partial charge in [0.25, 0.3) is 5.91 Å². The fraction of sp³-hybridized carbons (Fsp3) is 0.105. The highest BCUT2D eigenvalue weighted by Gasteiger charge is 2.13. The normalized spacial score (nSPS) is 10.8. The number of carboxylic acid groups (broad SMARTS) is 1. The highest BCUT2D eigenvalue weighted by Crippen LogP contribution is 2.35. The van der Waals surface area contributed by atoms with Crippen molar-refractivity contribution in [3.63, 3.8) is 0 Å². The standard InChI is InChI=1S/C19H15ClN2O5/c1-2-27-16-8-11(7-15(20)17(16)23)6-13(10-21)18(24)22-14-5-3-4-12(9-14)19(25)26/h3-9,23H,2H2,1H3,(H,22,24)(H,25,26)/b13-6-. The van der Waals surface area contributed by atoms with E-state index in [0.29, 0.717) is 12.2 Å². The van der Waals surface area contributed by atoms with Crippen LogP contribution in [0.2, 0.25) is 5.02 Å². The van der Waals surface area contributed by atoms with E-state index in [2.05, 4.69) is 5.32 Å². The first-order valence-corrected chi connectivity index (χ1v) is 8.15. The van der Waals surface area contributed by atoms with Crippen LogP contribution in [0.4, 0.5) is 5.69 Å². The molecule has 0 heterocycles. The maximum atomic E-state index is 12.3. The zero-order valence-corrected chi connectivity index (χ0v) is 14.9. The monoisotopic (exact) mass is 386 g/mol. The second-order valence-electron chi connectivity index (χ2n) is 5.29. The van der Waals surface area contributed by atoms with E-state index < -0.39 is 11.9 Å². The molecule has 0 spiro atoms. The number of benzene rings is 2. The van der Waals surface area contributed by atoms with Crippen molar-refractivity contribution in [3.8, 4) is 17.6 Å². The molecule has 2 aromatic carbocycles. The van der Waals surface area contributed by atoms with Gasteiger partial charge >= 0.3 is 5.97 Å². The SMILES string of the molecule is CCOc1cc(/C=C(/C#N)C(=O)Nc2cccc(C(=O)O)c2)cc(Cl)c1O. The molecular formula is C19H15ClN2O5. The van der Waals surface area contributed by atoms with E-state index in [1.54, 1.807) is 13.0 Å². The second kappa shape index (κ2) is 8.74. The Kier molecular flexibility index (Phi) is 6.41. The van der Waals surface area contributed by atoms with Crippen molar-refractivity contribution in [1.82, 2.24) is 0 Å². The Morgan fingerprint density at radius 3 is 2.70 bits per heavy atom. The number of phenols is 1. The molecule has 0 aliphatic rings. The number of nitrogens with one attached hydrogen (secondary N) is 1. The van der Waals surface area contributed by atoms with Crippen LogP contribution in [0.5, 0.6) is 11.5 Å². The summed E-state index contributed by atoms with van der Waals surface area (Å²) in [4.78, 5) is 23.3. The van der Waals surface area contributed by atoms with E-state index in [1.165, 1.54) is 42.5 Å². The summed E-state index contributed by atoms with van der Waals surface area (Å²) in [5.41, 5.74) is 0.383. The number of hydrogen-bond donors (Lipinski definition) is 3. The highest BCUT2D eigenvalue weighted by molar-refractivity contribution is 6.32. The van der Waals surface area contributed by atoms with E-state index in [1.807, 2.05) is 0 Å². The number of aromatic carboxylic acids is 1. The summed E-state index contributed by atoms with van der Waals surface area (Å²) in [5.74, 6) is -1.96. The molecule has 3 N–H and O–H groups in total. The number of hydrogen-bond acceptors (Lipinski definition) is 5. The molecule has 138 valence electrons. The van der Waals surface area contributed by atoms with Gasteiger partial charge in [0, 0.05) is 5.69 Å². The first kappa shape index (κ1) is 19.8. The lowest BCUT2D eigenvalue weighted by molar-refractivity contribution is -0.112. The predicted octanol–water partition coefficient (Wildman–Crippen LogP) is 3.69. The van der Waals surface area contributed by atoms with Gasteiger partial charge in [0.2, 0.25) is 0 Å². The van der Waals surface area contributed by atoms with Gasteiger partial charge in [-0.15, -0.1) is 0 Å². The van der Waals surface area contributed by atoms with Crippen molar-refractivity contribution >= 4 is 35.2 Å². The Morgan fingerprint density at radius 1 is 1.33 bits per heavy atom. The van der Waals surface area contributed by atoms with E-state index in [4.69, 9.17) is 21.4 Å². The smallest absolute Gasteiger partial charge is 0.335 e. The molecule has 0 bridgehead atoms. The lowest BCUT2D eigenvalue weighted by Crippen LogP contribution is -2.14.